The van der Waals surface area contributed by atoms with Crippen molar-refractivity contribution >= 4 is 22.9 Å². The molecule has 0 radical (unpaired) electrons. The molecule has 26 heavy (non-hydrogen) atoms. The number of carbonyl (C=O) groups excluding carboxylic acids is 1. The Labute approximate surface area is 153 Å². The summed E-state index contributed by atoms with van der Waals surface area (Å²) in [6.07, 6.45) is 1.53. The van der Waals surface area contributed by atoms with Crippen LogP contribution in [0.25, 0.3) is 11.0 Å². The monoisotopic (exact) mass is 358 g/mol. The minimum atomic E-state index is -0.506. The van der Waals surface area contributed by atoms with E-state index in [0.29, 0.717) is 24.8 Å². The fourth-order valence-electron chi connectivity index (χ4n) is 2.99. The molecule has 1 aliphatic rings. The number of fused-ring (bicyclic) bond motifs is 1. The van der Waals surface area contributed by atoms with Crippen LogP contribution in [-0.2, 0) is 4.74 Å². The number of rotatable bonds is 4. The third-order valence-electron chi connectivity index (χ3n) is 4.19. The van der Waals surface area contributed by atoms with Crippen molar-refractivity contribution in [1.29, 1.82) is 0 Å². The van der Waals surface area contributed by atoms with Gasteiger partial charge in [0.1, 0.15) is 12.2 Å². The molecule has 1 atom stereocenters. The van der Waals surface area contributed by atoms with Crippen molar-refractivity contribution in [3.63, 3.8) is 0 Å². The van der Waals surface area contributed by atoms with Crippen LogP contribution >= 0.6 is 0 Å². The lowest BCUT2D eigenvalue weighted by molar-refractivity contribution is 0.0186. The van der Waals surface area contributed by atoms with Crippen molar-refractivity contribution < 1.29 is 14.3 Å². The van der Waals surface area contributed by atoms with Crippen molar-refractivity contribution in [3.05, 3.63) is 24.3 Å². The summed E-state index contributed by atoms with van der Waals surface area (Å²) in [5.41, 5.74) is 1.08. The molecule has 3 rings (SSSR count). The Morgan fingerprint density at radius 2 is 1.96 bits per heavy atom. The molecule has 7 nitrogen and oxygen atoms in total. The van der Waals surface area contributed by atoms with E-state index in [1.54, 1.807) is 11.9 Å². The zero-order valence-electron chi connectivity index (χ0n) is 15.8. The molecule has 2 aromatic rings. The van der Waals surface area contributed by atoms with Crippen LogP contribution < -0.4 is 10.1 Å². The Morgan fingerprint density at radius 3 is 2.62 bits per heavy atom. The Bertz CT molecular complexity index is 788. The molecule has 0 bridgehead atoms. The Morgan fingerprint density at radius 1 is 1.27 bits per heavy atom. The number of para-hydroxylation sites is 2. The number of amides is 1. The largest absolute Gasteiger partial charge is 0.473 e. The summed E-state index contributed by atoms with van der Waals surface area (Å²) in [6.45, 7) is 6.66. The first-order valence-electron chi connectivity index (χ1n) is 8.94. The molecule has 1 aromatic carbocycles. The first kappa shape index (κ1) is 18.2. The van der Waals surface area contributed by atoms with Crippen LogP contribution in [0, 0.1) is 0 Å². The van der Waals surface area contributed by atoms with Crippen LogP contribution in [0.4, 0.5) is 10.6 Å². The number of nitrogens with one attached hydrogen (secondary N) is 1. The van der Waals surface area contributed by atoms with Gasteiger partial charge in [-0.2, -0.15) is 0 Å². The number of carbonyl (C=O) groups is 1. The van der Waals surface area contributed by atoms with Crippen molar-refractivity contribution in [2.75, 3.05) is 25.5 Å². The van der Waals surface area contributed by atoms with E-state index in [9.17, 15) is 4.79 Å². The second-order valence-corrected chi connectivity index (χ2v) is 7.40. The van der Waals surface area contributed by atoms with E-state index >= 15 is 0 Å². The summed E-state index contributed by atoms with van der Waals surface area (Å²) < 4.78 is 11.4. The van der Waals surface area contributed by atoms with E-state index in [4.69, 9.17) is 9.47 Å². The number of anilines is 1. The first-order chi connectivity index (χ1) is 12.4. The van der Waals surface area contributed by atoms with E-state index in [2.05, 4.69) is 15.3 Å². The van der Waals surface area contributed by atoms with Crippen LogP contribution in [-0.4, -0.2) is 52.8 Å². The average Bonchev–Trinajstić information content (AvgIpc) is 3.06. The van der Waals surface area contributed by atoms with E-state index in [0.717, 1.165) is 23.9 Å². The van der Waals surface area contributed by atoms with Crippen LogP contribution in [0.1, 0.15) is 33.6 Å². The van der Waals surface area contributed by atoms with Crippen molar-refractivity contribution in [1.82, 2.24) is 14.9 Å². The van der Waals surface area contributed by atoms with Gasteiger partial charge in [-0.15, -0.1) is 0 Å². The van der Waals surface area contributed by atoms with Crippen molar-refractivity contribution in [3.8, 4) is 5.88 Å². The zero-order chi connectivity index (χ0) is 18.7. The molecule has 1 saturated heterocycles. The lowest BCUT2D eigenvalue weighted by Gasteiger charge is -2.28. The van der Waals surface area contributed by atoms with Gasteiger partial charge in [0.2, 0.25) is 0 Å². The third-order valence-corrected chi connectivity index (χ3v) is 4.19. The summed E-state index contributed by atoms with van der Waals surface area (Å²) in [4.78, 5) is 23.2. The predicted molar refractivity (Wildman–Crippen MR) is 101 cm³/mol. The maximum absolute atomic E-state index is 12.4. The van der Waals surface area contributed by atoms with Gasteiger partial charge < -0.3 is 19.7 Å². The minimum absolute atomic E-state index is 0.0252. The predicted octanol–water partition coefficient (Wildman–Crippen LogP) is 3.45. The van der Waals surface area contributed by atoms with Gasteiger partial charge in [-0.25, -0.2) is 14.8 Å². The molecule has 1 aliphatic heterocycles. The third kappa shape index (κ3) is 4.15. The number of likely N-dealkylation sites (tertiary alicyclic amines) is 1. The highest BCUT2D eigenvalue weighted by Crippen LogP contribution is 2.25. The van der Waals surface area contributed by atoms with Gasteiger partial charge in [-0.1, -0.05) is 12.1 Å². The quantitative estimate of drug-likeness (QED) is 0.902. The highest BCUT2D eigenvalue weighted by atomic mass is 16.6. The van der Waals surface area contributed by atoms with Gasteiger partial charge in [0.05, 0.1) is 17.1 Å². The topological polar surface area (TPSA) is 76.6 Å². The zero-order valence-corrected chi connectivity index (χ0v) is 15.8. The summed E-state index contributed by atoms with van der Waals surface area (Å²) in [5.74, 6) is 1.03. The standard InChI is InChI=1S/C19H26N4O3/c1-19(2,3)26-18(24)23-11-7-8-13(23)12-25-17-16(20-4)21-14-9-5-6-10-15(14)22-17/h5-6,9-10,13H,7-8,11-12H2,1-4H3,(H,20,21). The summed E-state index contributed by atoms with van der Waals surface area (Å²) in [7, 11) is 1.79. The molecule has 1 N–H and O–H groups in total. The number of hydrogen-bond acceptors (Lipinski definition) is 6. The van der Waals surface area contributed by atoms with Gasteiger partial charge in [0, 0.05) is 13.6 Å². The molecule has 140 valence electrons. The fraction of sp³-hybridized carbons (Fsp3) is 0.526. The number of aromatic nitrogens is 2. The molecule has 0 aliphatic carbocycles. The second kappa shape index (κ2) is 7.35. The van der Waals surface area contributed by atoms with Gasteiger partial charge >= 0.3 is 6.09 Å². The van der Waals surface area contributed by atoms with Gasteiger partial charge in [-0.3, -0.25) is 0 Å². The van der Waals surface area contributed by atoms with E-state index < -0.39 is 5.60 Å². The molecule has 1 unspecified atom stereocenters. The second-order valence-electron chi connectivity index (χ2n) is 7.40. The molecule has 1 aromatic heterocycles. The number of hydrogen-bond donors (Lipinski definition) is 1. The molecular weight excluding hydrogens is 332 g/mol. The summed E-state index contributed by atoms with van der Waals surface area (Å²) in [5, 5.41) is 3.02. The normalized spacial score (nSPS) is 17.4. The van der Waals surface area contributed by atoms with Gasteiger partial charge in [-0.05, 0) is 45.7 Å². The number of nitrogens with zero attached hydrogens (tertiary/aromatic N) is 3. The van der Waals surface area contributed by atoms with Gasteiger partial charge in [0.25, 0.3) is 5.88 Å². The maximum Gasteiger partial charge on any atom is 0.410 e. The summed E-state index contributed by atoms with van der Waals surface area (Å²) in [6, 6.07) is 7.63. The summed E-state index contributed by atoms with van der Waals surface area (Å²) >= 11 is 0. The molecule has 2 heterocycles. The van der Waals surface area contributed by atoms with E-state index in [-0.39, 0.29) is 12.1 Å². The van der Waals surface area contributed by atoms with E-state index in [1.807, 2.05) is 45.0 Å². The van der Waals surface area contributed by atoms with Crippen molar-refractivity contribution in [2.45, 2.75) is 45.3 Å². The van der Waals surface area contributed by atoms with Crippen LogP contribution in [0.15, 0.2) is 24.3 Å². The fourth-order valence-corrected chi connectivity index (χ4v) is 2.99. The Balaban J connectivity index is 1.71. The molecular formula is C19H26N4O3. The SMILES string of the molecule is CNc1nc2ccccc2nc1OCC1CCCN1C(=O)OC(C)(C)C. The highest BCUT2D eigenvalue weighted by molar-refractivity contribution is 5.77. The lowest BCUT2D eigenvalue weighted by Crippen LogP contribution is -2.42. The van der Waals surface area contributed by atoms with E-state index in [1.165, 1.54) is 0 Å². The molecule has 7 heteroatoms. The molecule has 0 spiro atoms. The molecule has 0 saturated carbocycles. The Hall–Kier alpha value is -2.57. The van der Waals surface area contributed by atoms with Crippen LogP contribution in [0.5, 0.6) is 5.88 Å². The maximum atomic E-state index is 12.4. The molecule has 1 fully saturated rings. The first-order valence-corrected chi connectivity index (χ1v) is 8.94. The minimum Gasteiger partial charge on any atom is -0.473 e. The lowest BCUT2D eigenvalue weighted by atomic mass is 10.2. The van der Waals surface area contributed by atoms with Gasteiger partial charge in [0.15, 0.2) is 5.82 Å². The van der Waals surface area contributed by atoms with Crippen LogP contribution in [0.2, 0.25) is 0 Å². The number of ether oxygens (including phenoxy) is 2. The number of benzene rings is 1. The van der Waals surface area contributed by atoms with Crippen LogP contribution in [0.3, 0.4) is 0 Å². The van der Waals surface area contributed by atoms with Crippen molar-refractivity contribution in [2.24, 2.45) is 0 Å². The highest BCUT2D eigenvalue weighted by Gasteiger charge is 2.32. The molecule has 1 amide bonds. The Kier molecular flexibility index (Phi) is 5.15. The smallest absolute Gasteiger partial charge is 0.410 e. The average molecular weight is 358 g/mol.